The predicted octanol–water partition coefficient (Wildman–Crippen LogP) is 7.24. The second-order valence-corrected chi connectivity index (χ2v) is 10.2. The standard InChI is InChI=1S/C24H48O5S/c1-2-3-4-5-6-7-8-9-10-11-12-13-14-15-16-17-18-19-20-21-24(25)29-22-23-30(26,27)28/h2-23H2,1H3,(H,26,27,28). The van der Waals surface area contributed by atoms with E-state index in [0.717, 1.165) is 19.3 Å². The van der Waals surface area contributed by atoms with Crippen LogP contribution in [-0.4, -0.2) is 31.3 Å². The van der Waals surface area contributed by atoms with Gasteiger partial charge in [0.05, 0.1) is 0 Å². The van der Waals surface area contributed by atoms with E-state index >= 15 is 0 Å². The zero-order valence-corrected chi connectivity index (χ0v) is 20.4. The van der Waals surface area contributed by atoms with Gasteiger partial charge in [0.1, 0.15) is 12.4 Å². The maximum atomic E-state index is 11.4. The Morgan fingerprint density at radius 1 is 0.633 bits per heavy atom. The fraction of sp³-hybridized carbons (Fsp3) is 0.958. The molecular weight excluding hydrogens is 400 g/mol. The van der Waals surface area contributed by atoms with Crippen molar-refractivity contribution in [3.8, 4) is 0 Å². The van der Waals surface area contributed by atoms with Crippen LogP contribution in [0.1, 0.15) is 135 Å². The van der Waals surface area contributed by atoms with Gasteiger partial charge in [-0.25, -0.2) is 0 Å². The van der Waals surface area contributed by atoms with Gasteiger partial charge in [0.25, 0.3) is 10.1 Å². The molecule has 0 saturated carbocycles. The van der Waals surface area contributed by atoms with E-state index in [-0.39, 0.29) is 12.6 Å². The van der Waals surface area contributed by atoms with E-state index in [2.05, 4.69) is 6.92 Å². The van der Waals surface area contributed by atoms with Crippen LogP contribution in [0.3, 0.4) is 0 Å². The second-order valence-electron chi connectivity index (χ2n) is 8.62. The third-order valence-corrected chi connectivity index (χ3v) is 6.27. The molecule has 0 aliphatic rings. The average Bonchev–Trinajstić information content (AvgIpc) is 2.68. The van der Waals surface area contributed by atoms with E-state index in [9.17, 15) is 13.2 Å². The van der Waals surface area contributed by atoms with Crippen LogP contribution in [0, 0.1) is 0 Å². The normalized spacial score (nSPS) is 11.7. The predicted molar refractivity (Wildman–Crippen MR) is 125 cm³/mol. The smallest absolute Gasteiger partial charge is 0.305 e. The van der Waals surface area contributed by atoms with E-state index in [4.69, 9.17) is 9.29 Å². The van der Waals surface area contributed by atoms with Gasteiger partial charge in [-0.05, 0) is 6.42 Å². The van der Waals surface area contributed by atoms with Gasteiger partial charge in [-0.15, -0.1) is 0 Å². The van der Waals surface area contributed by atoms with Gasteiger partial charge in [-0.1, -0.05) is 122 Å². The lowest BCUT2D eigenvalue weighted by Crippen LogP contribution is -2.14. The molecule has 6 heteroatoms. The molecule has 0 spiro atoms. The molecule has 0 fully saturated rings. The first-order valence-electron chi connectivity index (χ1n) is 12.6. The van der Waals surface area contributed by atoms with Crippen molar-refractivity contribution in [1.29, 1.82) is 0 Å². The molecule has 1 N–H and O–H groups in total. The fourth-order valence-corrected chi connectivity index (χ4v) is 3.97. The largest absolute Gasteiger partial charge is 0.464 e. The first-order valence-corrected chi connectivity index (χ1v) is 14.2. The Kier molecular flexibility index (Phi) is 21.2. The Labute approximate surface area is 186 Å². The number of hydrogen-bond acceptors (Lipinski definition) is 4. The highest BCUT2D eigenvalue weighted by molar-refractivity contribution is 7.85. The summed E-state index contributed by atoms with van der Waals surface area (Å²) in [6.07, 6.45) is 25.3. The van der Waals surface area contributed by atoms with Gasteiger partial charge in [0, 0.05) is 6.42 Å². The molecule has 0 aromatic heterocycles. The number of esters is 1. The van der Waals surface area contributed by atoms with Crippen molar-refractivity contribution in [2.24, 2.45) is 0 Å². The quantitative estimate of drug-likeness (QED) is 0.101. The van der Waals surface area contributed by atoms with Gasteiger partial charge < -0.3 is 4.74 Å². The van der Waals surface area contributed by atoms with E-state index < -0.39 is 15.9 Å². The van der Waals surface area contributed by atoms with Crippen LogP contribution in [0.2, 0.25) is 0 Å². The van der Waals surface area contributed by atoms with Crippen LogP contribution in [0.4, 0.5) is 0 Å². The summed E-state index contributed by atoms with van der Waals surface area (Å²) in [5.41, 5.74) is 0. The van der Waals surface area contributed by atoms with Crippen LogP contribution in [0.5, 0.6) is 0 Å². The molecule has 0 amide bonds. The summed E-state index contributed by atoms with van der Waals surface area (Å²) in [5, 5.41) is 0. The maximum Gasteiger partial charge on any atom is 0.305 e. The second kappa shape index (κ2) is 21.6. The number of rotatable bonds is 23. The molecule has 0 radical (unpaired) electrons. The molecule has 0 rings (SSSR count). The third-order valence-electron chi connectivity index (χ3n) is 5.59. The van der Waals surface area contributed by atoms with Gasteiger partial charge in [0.2, 0.25) is 0 Å². The Morgan fingerprint density at radius 3 is 1.30 bits per heavy atom. The minimum atomic E-state index is -4.05. The van der Waals surface area contributed by atoms with Crippen molar-refractivity contribution in [2.75, 3.05) is 12.4 Å². The number of unbranched alkanes of at least 4 members (excludes halogenated alkanes) is 18. The molecule has 0 saturated heterocycles. The van der Waals surface area contributed by atoms with Crippen molar-refractivity contribution in [3.63, 3.8) is 0 Å². The SMILES string of the molecule is CCCCCCCCCCCCCCCCCCCCCC(=O)OCCS(=O)(=O)O. The van der Waals surface area contributed by atoms with Gasteiger partial charge in [0.15, 0.2) is 0 Å². The summed E-state index contributed by atoms with van der Waals surface area (Å²) in [6, 6.07) is 0. The van der Waals surface area contributed by atoms with E-state index in [1.165, 1.54) is 103 Å². The molecule has 0 unspecified atom stereocenters. The number of carbonyl (C=O) groups excluding carboxylic acids is 1. The average molecular weight is 449 g/mol. The van der Waals surface area contributed by atoms with Crippen LogP contribution in [-0.2, 0) is 19.6 Å². The lowest BCUT2D eigenvalue weighted by atomic mass is 10.0. The summed E-state index contributed by atoms with van der Waals surface area (Å²) in [5.74, 6) is -0.914. The molecule has 0 aliphatic carbocycles. The van der Waals surface area contributed by atoms with Gasteiger partial charge >= 0.3 is 5.97 Å². The molecule has 0 aliphatic heterocycles. The van der Waals surface area contributed by atoms with Crippen LogP contribution in [0.25, 0.3) is 0 Å². The molecular formula is C24H48O5S. The van der Waals surface area contributed by atoms with E-state index in [1.54, 1.807) is 0 Å². The summed E-state index contributed by atoms with van der Waals surface area (Å²) < 4.78 is 34.4. The van der Waals surface area contributed by atoms with Crippen molar-refractivity contribution in [2.45, 2.75) is 135 Å². The highest BCUT2D eigenvalue weighted by atomic mass is 32.2. The number of ether oxygens (including phenoxy) is 1. The Balaban J connectivity index is 3.15. The molecule has 5 nitrogen and oxygen atoms in total. The van der Waals surface area contributed by atoms with Crippen LogP contribution in [0.15, 0.2) is 0 Å². The summed E-state index contributed by atoms with van der Waals surface area (Å²) in [6.45, 7) is 2.00. The van der Waals surface area contributed by atoms with Gasteiger partial charge in [-0.3, -0.25) is 9.35 Å². The highest BCUT2D eigenvalue weighted by Crippen LogP contribution is 2.14. The molecule has 180 valence electrons. The minimum absolute atomic E-state index is 0.267. The molecule has 0 atom stereocenters. The summed E-state index contributed by atoms with van der Waals surface area (Å²) in [4.78, 5) is 11.4. The zero-order chi connectivity index (χ0) is 22.3. The van der Waals surface area contributed by atoms with Crippen LogP contribution >= 0.6 is 0 Å². The topological polar surface area (TPSA) is 80.7 Å². The monoisotopic (exact) mass is 448 g/mol. The van der Waals surface area contributed by atoms with Crippen molar-refractivity contribution in [3.05, 3.63) is 0 Å². The maximum absolute atomic E-state index is 11.4. The molecule has 0 aromatic rings. The molecule has 0 bridgehead atoms. The minimum Gasteiger partial charge on any atom is -0.464 e. The molecule has 30 heavy (non-hydrogen) atoms. The van der Waals surface area contributed by atoms with Gasteiger partial charge in [-0.2, -0.15) is 8.42 Å². The molecule has 0 aromatic carbocycles. The van der Waals surface area contributed by atoms with E-state index in [0.29, 0.717) is 6.42 Å². The Morgan fingerprint density at radius 2 is 0.967 bits per heavy atom. The Bertz CT molecular complexity index is 476. The first-order chi connectivity index (χ1) is 14.5. The summed E-state index contributed by atoms with van der Waals surface area (Å²) >= 11 is 0. The van der Waals surface area contributed by atoms with Crippen LogP contribution < -0.4 is 0 Å². The van der Waals surface area contributed by atoms with Crippen molar-refractivity contribution < 1.29 is 22.5 Å². The number of carbonyl (C=O) groups is 1. The lowest BCUT2D eigenvalue weighted by Gasteiger charge is -2.05. The summed E-state index contributed by atoms with van der Waals surface area (Å²) in [7, 11) is -4.05. The molecule has 0 heterocycles. The lowest BCUT2D eigenvalue weighted by molar-refractivity contribution is -0.143. The fourth-order valence-electron chi connectivity index (χ4n) is 3.68. The van der Waals surface area contributed by atoms with Crippen molar-refractivity contribution in [1.82, 2.24) is 0 Å². The first kappa shape index (κ1) is 29.4. The van der Waals surface area contributed by atoms with E-state index in [1.807, 2.05) is 0 Å². The highest BCUT2D eigenvalue weighted by Gasteiger charge is 2.07. The zero-order valence-electron chi connectivity index (χ0n) is 19.5. The Hall–Kier alpha value is -0.620. The third kappa shape index (κ3) is 25.4. The number of hydrogen-bond donors (Lipinski definition) is 1. The van der Waals surface area contributed by atoms with Crippen molar-refractivity contribution >= 4 is 16.1 Å².